The van der Waals surface area contributed by atoms with Crippen molar-refractivity contribution in [3.05, 3.63) is 47.8 Å². The summed E-state index contributed by atoms with van der Waals surface area (Å²) >= 11 is 0. The van der Waals surface area contributed by atoms with Crippen molar-refractivity contribution in [3.8, 4) is 5.75 Å². The minimum absolute atomic E-state index is 0. The van der Waals surface area contributed by atoms with E-state index in [2.05, 4.69) is 15.0 Å². The van der Waals surface area contributed by atoms with E-state index in [0.29, 0.717) is 31.4 Å². The summed E-state index contributed by atoms with van der Waals surface area (Å²) < 4.78 is 29.9. The van der Waals surface area contributed by atoms with E-state index in [-0.39, 0.29) is 36.7 Å². The maximum atomic E-state index is 12.8. The van der Waals surface area contributed by atoms with Gasteiger partial charge < -0.3 is 20.6 Å². The Morgan fingerprint density at radius 1 is 1.28 bits per heavy atom. The van der Waals surface area contributed by atoms with Crippen LogP contribution in [0, 0.1) is 6.92 Å². The van der Waals surface area contributed by atoms with Crippen molar-refractivity contribution in [2.75, 3.05) is 19.8 Å². The van der Waals surface area contributed by atoms with Gasteiger partial charge in [0, 0.05) is 18.2 Å². The van der Waals surface area contributed by atoms with Crippen LogP contribution in [-0.2, 0) is 26.0 Å². The molecule has 0 amide bonds. The molecular weight excluding hydrogens is 401 g/mol. The Hall–Kier alpha value is -1.29. The van der Waals surface area contributed by atoms with Crippen molar-refractivity contribution in [2.45, 2.75) is 37.0 Å². The molecule has 9 heteroatoms. The van der Waals surface area contributed by atoms with Crippen LogP contribution in [0.1, 0.15) is 26.0 Å². The van der Waals surface area contributed by atoms with E-state index < -0.39 is 16.6 Å². The average molecular weight is 425 g/mol. The SMILES string of the molecule is Cc1c(OCCC2(C)OCCO2)ccnc1CS(=O)c1nc2ccccc2[nH]1.[H-].[Na+]. The molecule has 7 nitrogen and oxygen atoms in total. The fourth-order valence-electron chi connectivity index (χ4n) is 3.14. The normalized spacial score (nSPS) is 16.5. The number of nitrogens with one attached hydrogen (secondary N) is 1. The largest absolute Gasteiger partial charge is 1.00 e. The average Bonchev–Trinajstić information content (AvgIpc) is 3.31. The van der Waals surface area contributed by atoms with Crippen molar-refractivity contribution < 1.29 is 49.4 Å². The van der Waals surface area contributed by atoms with Crippen molar-refractivity contribution in [2.24, 2.45) is 0 Å². The molecule has 1 fully saturated rings. The zero-order chi connectivity index (χ0) is 19.6. The number of pyridine rings is 1. The van der Waals surface area contributed by atoms with Gasteiger partial charge in [0.15, 0.2) is 10.9 Å². The Kier molecular flexibility index (Phi) is 7.47. The van der Waals surface area contributed by atoms with Crippen LogP contribution in [0.4, 0.5) is 0 Å². The molecule has 1 atom stereocenters. The Labute approximate surface area is 195 Å². The number of imidazole rings is 1. The number of ether oxygens (including phenoxy) is 3. The molecule has 4 rings (SSSR count). The first kappa shape index (κ1) is 22.4. The molecule has 2 aromatic heterocycles. The third-order valence-corrected chi connectivity index (χ3v) is 5.98. The van der Waals surface area contributed by atoms with E-state index in [1.165, 1.54) is 0 Å². The third-order valence-electron chi connectivity index (χ3n) is 4.82. The molecule has 0 aliphatic carbocycles. The smallest absolute Gasteiger partial charge is 1.00 e. The van der Waals surface area contributed by atoms with Crippen LogP contribution in [0.15, 0.2) is 41.7 Å². The van der Waals surface area contributed by atoms with Crippen LogP contribution in [0.5, 0.6) is 5.75 Å². The van der Waals surface area contributed by atoms with Gasteiger partial charge in [-0.1, -0.05) is 12.1 Å². The molecule has 0 spiro atoms. The predicted octanol–water partition coefficient (Wildman–Crippen LogP) is 0.223. The maximum absolute atomic E-state index is 12.8. The number of fused-ring (bicyclic) bond motifs is 1. The van der Waals surface area contributed by atoms with Gasteiger partial charge in [0.05, 0.1) is 53.1 Å². The first-order chi connectivity index (χ1) is 13.5. The van der Waals surface area contributed by atoms with E-state index in [9.17, 15) is 4.21 Å². The van der Waals surface area contributed by atoms with Crippen molar-refractivity contribution >= 4 is 21.8 Å². The molecule has 1 unspecified atom stereocenters. The number of H-pyrrole nitrogens is 1. The zero-order valence-electron chi connectivity index (χ0n) is 17.9. The monoisotopic (exact) mass is 425 g/mol. The number of benzene rings is 1. The summed E-state index contributed by atoms with van der Waals surface area (Å²) in [6, 6.07) is 9.45. The number of hydrogen-bond acceptors (Lipinski definition) is 6. The number of rotatable bonds is 7. The van der Waals surface area contributed by atoms with Crippen LogP contribution >= 0.6 is 0 Å². The second-order valence-electron chi connectivity index (χ2n) is 6.86. The zero-order valence-corrected chi connectivity index (χ0v) is 19.8. The molecule has 1 aliphatic heterocycles. The second kappa shape index (κ2) is 9.68. The quantitative estimate of drug-likeness (QED) is 0.545. The standard InChI is InChI=1S/C20H23N3O4S.Na.H/c1-14-17(13-28(24)19-22-15-5-3-4-6-16(15)23-19)21-9-7-18(14)25-10-8-20(2)26-11-12-27-20;;/h3-7,9H,8,10-13H2,1-2H3,(H,22,23);;/q;+1;-1. The van der Waals surface area contributed by atoms with Gasteiger partial charge in [0.2, 0.25) is 0 Å². The number of para-hydroxylation sites is 2. The van der Waals surface area contributed by atoms with Gasteiger partial charge >= 0.3 is 29.6 Å². The molecule has 1 aromatic carbocycles. The fourth-order valence-corrected chi connectivity index (χ4v) is 4.24. The number of aromatic nitrogens is 3. The Bertz CT molecular complexity index is 978. The number of hydrogen-bond donors (Lipinski definition) is 1. The van der Waals surface area contributed by atoms with Crippen molar-refractivity contribution in [3.63, 3.8) is 0 Å². The molecule has 150 valence electrons. The molecule has 3 heterocycles. The maximum Gasteiger partial charge on any atom is 1.00 e. The van der Waals surface area contributed by atoms with Gasteiger partial charge in [-0.2, -0.15) is 0 Å². The van der Waals surface area contributed by atoms with E-state index in [1.54, 1.807) is 6.20 Å². The van der Waals surface area contributed by atoms with Crippen LogP contribution in [0.25, 0.3) is 11.0 Å². The van der Waals surface area contributed by atoms with Crippen LogP contribution < -0.4 is 34.3 Å². The van der Waals surface area contributed by atoms with Gasteiger partial charge in [-0.25, -0.2) is 4.98 Å². The molecule has 29 heavy (non-hydrogen) atoms. The molecule has 1 saturated heterocycles. The first-order valence-electron chi connectivity index (χ1n) is 9.22. The van der Waals surface area contributed by atoms with E-state index in [4.69, 9.17) is 14.2 Å². The van der Waals surface area contributed by atoms with Gasteiger partial charge in [0.25, 0.3) is 0 Å². The van der Waals surface area contributed by atoms with E-state index in [0.717, 1.165) is 28.0 Å². The summed E-state index contributed by atoms with van der Waals surface area (Å²) in [5.74, 6) is 0.424. The predicted molar refractivity (Wildman–Crippen MR) is 107 cm³/mol. The summed E-state index contributed by atoms with van der Waals surface area (Å²) in [5.41, 5.74) is 3.29. The molecular formula is C20H24N3NaO4S. The first-order valence-corrected chi connectivity index (χ1v) is 10.5. The molecule has 1 N–H and O–H groups in total. The van der Waals surface area contributed by atoms with Gasteiger partial charge in [-0.15, -0.1) is 0 Å². The summed E-state index contributed by atoms with van der Waals surface area (Å²) in [4.78, 5) is 11.9. The fraction of sp³-hybridized carbons (Fsp3) is 0.400. The summed E-state index contributed by atoms with van der Waals surface area (Å²) in [5, 5.41) is 0.456. The van der Waals surface area contributed by atoms with Gasteiger partial charge in [-0.3, -0.25) is 9.19 Å². The van der Waals surface area contributed by atoms with Crippen LogP contribution in [0.2, 0.25) is 0 Å². The van der Waals surface area contributed by atoms with E-state index >= 15 is 0 Å². The minimum Gasteiger partial charge on any atom is -1.00 e. The molecule has 0 saturated carbocycles. The summed E-state index contributed by atoms with van der Waals surface area (Å²) in [6.07, 6.45) is 2.31. The molecule has 0 radical (unpaired) electrons. The van der Waals surface area contributed by atoms with Crippen molar-refractivity contribution in [1.82, 2.24) is 15.0 Å². The Morgan fingerprint density at radius 3 is 2.79 bits per heavy atom. The number of aromatic amines is 1. The molecule has 3 aromatic rings. The topological polar surface area (TPSA) is 86.3 Å². The third kappa shape index (κ3) is 5.25. The summed E-state index contributed by atoms with van der Waals surface area (Å²) in [6.45, 7) is 5.54. The van der Waals surface area contributed by atoms with E-state index in [1.807, 2.05) is 44.2 Å². The second-order valence-corrected chi connectivity index (χ2v) is 8.23. The Morgan fingerprint density at radius 2 is 2.03 bits per heavy atom. The molecule has 0 bridgehead atoms. The molecule has 1 aliphatic rings. The van der Waals surface area contributed by atoms with Crippen LogP contribution in [0.3, 0.4) is 0 Å². The van der Waals surface area contributed by atoms with Gasteiger partial charge in [0.1, 0.15) is 5.75 Å². The number of nitrogens with zero attached hydrogens (tertiary/aromatic N) is 2. The Balaban J connectivity index is 0.00000160. The summed E-state index contributed by atoms with van der Waals surface area (Å²) in [7, 11) is -1.32. The van der Waals surface area contributed by atoms with Crippen LogP contribution in [-0.4, -0.2) is 44.8 Å². The minimum atomic E-state index is -1.32. The van der Waals surface area contributed by atoms with Gasteiger partial charge in [-0.05, 0) is 32.0 Å². The van der Waals surface area contributed by atoms with Crippen molar-refractivity contribution in [1.29, 1.82) is 0 Å².